The van der Waals surface area contributed by atoms with Crippen molar-refractivity contribution >= 4 is 36.4 Å². The Bertz CT molecular complexity index is 451. The Morgan fingerprint density at radius 2 is 2.00 bits per heavy atom. The molecule has 0 saturated carbocycles. The summed E-state index contributed by atoms with van der Waals surface area (Å²) in [5.74, 6) is 0.649. The summed E-state index contributed by atoms with van der Waals surface area (Å²) in [6.07, 6.45) is 2.64. The molecule has 0 spiro atoms. The van der Waals surface area contributed by atoms with E-state index in [9.17, 15) is 4.79 Å². The molecule has 1 unspecified atom stereocenters. The van der Waals surface area contributed by atoms with Crippen molar-refractivity contribution in [3.05, 3.63) is 29.8 Å². The van der Waals surface area contributed by atoms with Crippen molar-refractivity contribution < 1.29 is 4.79 Å². The smallest absolute Gasteiger partial charge is 0.240 e. The third kappa shape index (κ3) is 6.53. The standard InChI is InChI=1S/C16H25N3O.2ClH/c1-12-4-3-9-19(10-12)11-14-5-7-15(8-6-14)18-16(20)13(2)17;;/h5-8,12-13H,3-4,9-11,17H2,1-2H3,(H,18,20);2*1H/t12?,13-;;/m1../s1. The van der Waals surface area contributed by atoms with Crippen molar-refractivity contribution in [3.8, 4) is 0 Å². The van der Waals surface area contributed by atoms with Crippen LogP contribution in [0.3, 0.4) is 0 Å². The number of nitrogens with two attached hydrogens (primary N) is 1. The molecule has 1 aromatic carbocycles. The third-order valence-corrected chi connectivity index (χ3v) is 3.78. The zero-order chi connectivity index (χ0) is 14.5. The number of rotatable bonds is 4. The predicted octanol–water partition coefficient (Wildman–Crippen LogP) is 3.05. The van der Waals surface area contributed by atoms with Crippen LogP contribution < -0.4 is 11.1 Å². The first-order valence-corrected chi connectivity index (χ1v) is 7.42. The Labute approximate surface area is 145 Å². The molecule has 126 valence electrons. The van der Waals surface area contributed by atoms with E-state index in [0.29, 0.717) is 0 Å². The number of anilines is 1. The lowest BCUT2D eigenvalue weighted by Gasteiger charge is -2.30. The van der Waals surface area contributed by atoms with Crippen LogP contribution in [-0.4, -0.2) is 29.9 Å². The first-order valence-electron chi connectivity index (χ1n) is 7.42. The summed E-state index contributed by atoms with van der Waals surface area (Å²) in [6.45, 7) is 7.36. The van der Waals surface area contributed by atoms with Gasteiger partial charge in [0, 0.05) is 18.8 Å². The van der Waals surface area contributed by atoms with Gasteiger partial charge in [0.1, 0.15) is 0 Å². The Hall–Kier alpha value is -0.810. The van der Waals surface area contributed by atoms with Crippen LogP contribution in [0, 0.1) is 5.92 Å². The lowest BCUT2D eigenvalue weighted by atomic mass is 10.00. The number of carbonyl (C=O) groups excluding carboxylic acids is 1. The number of hydrogen-bond acceptors (Lipinski definition) is 3. The number of carbonyl (C=O) groups is 1. The third-order valence-electron chi connectivity index (χ3n) is 3.78. The predicted molar refractivity (Wildman–Crippen MR) is 96.9 cm³/mol. The number of nitrogens with zero attached hydrogens (tertiary/aromatic N) is 1. The second kappa shape index (κ2) is 10.1. The SMILES string of the molecule is CC1CCCN(Cc2ccc(NC(=O)[C@@H](C)N)cc2)C1.Cl.Cl. The highest BCUT2D eigenvalue weighted by molar-refractivity contribution is 5.94. The minimum absolute atomic E-state index is 0. The van der Waals surface area contributed by atoms with Gasteiger partial charge in [-0.3, -0.25) is 9.69 Å². The fraction of sp³-hybridized carbons (Fsp3) is 0.562. The molecule has 1 aromatic rings. The van der Waals surface area contributed by atoms with Crippen molar-refractivity contribution in [1.82, 2.24) is 4.90 Å². The zero-order valence-electron chi connectivity index (χ0n) is 13.2. The normalized spacial score (nSPS) is 19.5. The molecular formula is C16H27Cl2N3O. The highest BCUT2D eigenvalue weighted by Gasteiger charge is 2.16. The number of benzene rings is 1. The average molecular weight is 348 g/mol. The van der Waals surface area contributed by atoms with E-state index in [2.05, 4.69) is 29.3 Å². The van der Waals surface area contributed by atoms with Crippen LogP contribution in [-0.2, 0) is 11.3 Å². The molecule has 0 radical (unpaired) electrons. The molecule has 1 fully saturated rings. The molecule has 0 aromatic heterocycles. The molecule has 1 saturated heterocycles. The van der Waals surface area contributed by atoms with E-state index < -0.39 is 6.04 Å². The van der Waals surface area contributed by atoms with E-state index in [1.807, 2.05) is 12.1 Å². The van der Waals surface area contributed by atoms with Gasteiger partial charge in [0.25, 0.3) is 0 Å². The molecule has 1 aliphatic rings. The second-order valence-corrected chi connectivity index (χ2v) is 5.96. The Balaban J connectivity index is 0.00000220. The molecule has 1 amide bonds. The Morgan fingerprint density at radius 1 is 1.36 bits per heavy atom. The van der Waals surface area contributed by atoms with Crippen molar-refractivity contribution in [1.29, 1.82) is 0 Å². The average Bonchev–Trinajstić information content (AvgIpc) is 2.41. The van der Waals surface area contributed by atoms with Gasteiger partial charge in [0.05, 0.1) is 6.04 Å². The van der Waals surface area contributed by atoms with E-state index in [1.54, 1.807) is 6.92 Å². The van der Waals surface area contributed by atoms with Crippen molar-refractivity contribution in [3.63, 3.8) is 0 Å². The van der Waals surface area contributed by atoms with Gasteiger partial charge < -0.3 is 11.1 Å². The van der Waals surface area contributed by atoms with Crippen LogP contribution in [0.1, 0.15) is 32.3 Å². The first-order chi connectivity index (χ1) is 9.54. The monoisotopic (exact) mass is 347 g/mol. The fourth-order valence-electron chi connectivity index (χ4n) is 2.64. The molecule has 0 aliphatic carbocycles. The maximum Gasteiger partial charge on any atom is 0.240 e. The van der Waals surface area contributed by atoms with Crippen molar-refractivity contribution in [2.45, 2.75) is 39.3 Å². The fourth-order valence-corrected chi connectivity index (χ4v) is 2.64. The summed E-state index contributed by atoms with van der Waals surface area (Å²) >= 11 is 0. The molecule has 0 bridgehead atoms. The lowest BCUT2D eigenvalue weighted by Crippen LogP contribution is -2.33. The van der Waals surface area contributed by atoms with Gasteiger partial charge in [-0.05, 0) is 49.9 Å². The maximum atomic E-state index is 11.5. The highest BCUT2D eigenvalue weighted by Crippen LogP contribution is 2.18. The summed E-state index contributed by atoms with van der Waals surface area (Å²) in [5, 5.41) is 2.80. The number of halogens is 2. The topological polar surface area (TPSA) is 58.4 Å². The van der Waals surface area contributed by atoms with Crippen LogP contribution >= 0.6 is 24.8 Å². The van der Waals surface area contributed by atoms with Gasteiger partial charge in [0.2, 0.25) is 5.91 Å². The largest absolute Gasteiger partial charge is 0.325 e. The molecule has 2 atom stereocenters. The summed E-state index contributed by atoms with van der Waals surface area (Å²) in [5.41, 5.74) is 7.63. The highest BCUT2D eigenvalue weighted by atomic mass is 35.5. The number of piperidine rings is 1. The molecule has 6 heteroatoms. The van der Waals surface area contributed by atoms with Crippen LogP contribution in [0.25, 0.3) is 0 Å². The van der Waals surface area contributed by atoms with E-state index >= 15 is 0 Å². The minimum Gasteiger partial charge on any atom is -0.325 e. The number of amides is 1. The van der Waals surface area contributed by atoms with Crippen LogP contribution in [0.4, 0.5) is 5.69 Å². The van der Waals surface area contributed by atoms with Gasteiger partial charge >= 0.3 is 0 Å². The summed E-state index contributed by atoms with van der Waals surface area (Å²) in [4.78, 5) is 14.0. The Kier molecular flexibility index (Phi) is 9.69. The zero-order valence-corrected chi connectivity index (χ0v) is 14.9. The van der Waals surface area contributed by atoms with Crippen LogP contribution in [0.2, 0.25) is 0 Å². The number of nitrogens with one attached hydrogen (secondary N) is 1. The van der Waals surface area contributed by atoms with Crippen LogP contribution in [0.15, 0.2) is 24.3 Å². The molecule has 2 rings (SSSR count). The number of likely N-dealkylation sites (tertiary alicyclic amines) is 1. The molecule has 4 nitrogen and oxygen atoms in total. The van der Waals surface area contributed by atoms with Gasteiger partial charge in [-0.1, -0.05) is 19.1 Å². The van der Waals surface area contributed by atoms with Crippen molar-refractivity contribution in [2.75, 3.05) is 18.4 Å². The minimum atomic E-state index is -0.482. The molecule has 22 heavy (non-hydrogen) atoms. The molecular weight excluding hydrogens is 321 g/mol. The van der Waals surface area contributed by atoms with Gasteiger partial charge in [-0.25, -0.2) is 0 Å². The molecule has 3 N–H and O–H groups in total. The quantitative estimate of drug-likeness (QED) is 0.879. The van der Waals surface area contributed by atoms with E-state index in [0.717, 1.165) is 18.2 Å². The van der Waals surface area contributed by atoms with Crippen LogP contribution in [0.5, 0.6) is 0 Å². The molecule has 1 aliphatic heterocycles. The summed E-state index contributed by atoms with van der Waals surface area (Å²) < 4.78 is 0. The van der Waals surface area contributed by atoms with E-state index in [4.69, 9.17) is 5.73 Å². The van der Waals surface area contributed by atoms with Gasteiger partial charge in [-0.15, -0.1) is 24.8 Å². The van der Waals surface area contributed by atoms with E-state index in [-0.39, 0.29) is 30.7 Å². The Morgan fingerprint density at radius 3 is 2.55 bits per heavy atom. The van der Waals surface area contributed by atoms with Gasteiger partial charge in [0.15, 0.2) is 0 Å². The summed E-state index contributed by atoms with van der Waals surface area (Å²) in [6, 6.07) is 7.57. The van der Waals surface area contributed by atoms with Crippen molar-refractivity contribution in [2.24, 2.45) is 11.7 Å². The summed E-state index contributed by atoms with van der Waals surface area (Å²) in [7, 11) is 0. The first kappa shape index (κ1) is 21.2. The lowest BCUT2D eigenvalue weighted by molar-refractivity contribution is -0.117. The number of hydrogen-bond donors (Lipinski definition) is 2. The molecule has 1 heterocycles. The maximum absolute atomic E-state index is 11.5. The van der Waals surface area contributed by atoms with E-state index in [1.165, 1.54) is 31.5 Å². The van der Waals surface area contributed by atoms with Gasteiger partial charge in [-0.2, -0.15) is 0 Å². The second-order valence-electron chi connectivity index (χ2n) is 5.96.